The highest BCUT2D eigenvalue weighted by Crippen LogP contribution is 2.20. The number of pyridine rings is 1. The standard InChI is InChI=1S/C15H12N2O2/c1-19-15(18)12-7-8-13-9-16-14(17(13)10-12)11-5-3-2-4-6-11/h2-10H,1H3. The number of rotatable bonds is 2. The van der Waals surface area contributed by atoms with Gasteiger partial charge in [-0.1, -0.05) is 30.3 Å². The third-order valence-electron chi connectivity index (χ3n) is 2.98. The fourth-order valence-electron chi connectivity index (χ4n) is 2.03. The average Bonchev–Trinajstić information content (AvgIpc) is 2.90. The van der Waals surface area contributed by atoms with Crippen LogP contribution in [0.5, 0.6) is 0 Å². The number of methoxy groups -OCH3 is 1. The molecule has 3 rings (SSSR count). The third-order valence-corrected chi connectivity index (χ3v) is 2.98. The highest BCUT2D eigenvalue weighted by atomic mass is 16.5. The van der Waals surface area contributed by atoms with Gasteiger partial charge in [0.15, 0.2) is 0 Å². The summed E-state index contributed by atoms with van der Waals surface area (Å²) in [5.74, 6) is 0.455. The quantitative estimate of drug-likeness (QED) is 0.659. The number of imidazole rings is 1. The van der Waals surface area contributed by atoms with E-state index in [1.807, 2.05) is 40.8 Å². The van der Waals surface area contributed by atoms with Crippen molar-refractivity contribution in [2.75, 3.05) is 7.11 Å². The summed E-state index contributed by atoms with van der Waals surface area (Å²) < 4.78 is 6.63. The summed E-state index contributed by atoms with van der Waals surface area (Å²) >= 11 is 0. The Morgan fingerprint density at radius 2 is 1.95 bits per heavy atom. The smallest absolute Gasteiger partial charge is 0.339 e. The summed E-state index contributed by atoms with van der Waals surface area (Å²) in [5, 5.41) is 0. The molecule has 0 N–H and O–H groups in total. The molecule has 19 heavy (non-hydrogen) atoms. The number of fused-ring (bicyclic) bond motifs is 1. The van der Waals surface area contributed by atoms with Crippen molar-refractivity contribution in [3.8, 4) is 11.4 Å². The minimum Gasteiger partial charge on any atom is -0.465 e. The second kappa shape index (κ2) is 4.57. The van der Waals surface area contributed by atoms with E-state index in [0.29, 0.717) is 5.56 Å². The van der Waals surface area contributed by atoms with Gasteiger partial charge in [-0.2, -0.15) is 0 Å². The van der Waals surface area contributed by atoms with Gasteiger partial charge < -0.3 is 4.74 Å². The maximum absolute atomic E-state index is 11.6. The van der Waals surface area contributed by atoms with Gasteiger partial charge in [-0.25, -0.2) is 9.78 Å². The van der Waals surface area contributed by atoms with E-state index in [9.17, 15) is 4.79 Å². The highest BCUT2D eigenvalue weighted by molar-refractivity contribution is 5.89. The zero-order valence-electron chi connectivity index (χ0n) is 10.4. The van der Waals surface area contributed by atoms with Crippen LogP contribution in [0.4, 0.5) is 0 Å². The Morgan fingerprint density at radius 3 is 2.68 bits per heavy atom. The van der Waals surface area contributed by atoms with Gasteiger partial charge in [0.1, 0.15) is 5.82 Å². The number of hydrogen-bond donors (Lipinski definition) is 0. The first-order valence-corrected chi connectivity index (χ1v) is 5.90. The lowest BCUT2D eigenvalue weighted by Crippen LogP contribution is -2.03. The minimum absolute atomic E-state index is 0.352. The largest absolute Gasteiger partial charge is 0.465 e. The van der Waals surface area contributed by atoms with E-state index in [4.69, 9.17) is 4.74 Å². The second-order valence-corrected chi connectivity index (χ2v) is 4.15. The van der Waals surface area contributed by atoms with E-state index in [-0.39, 0.29) is 5.97 Å². The van der Waals surface area contributed by atoms with Crippen LogP contribution in [0.15, 0.2) is 54.9 Å². The number of benzene rings is 1. The van der Waals surface area contributed by atoms with E-state index < -0.39 is 0 Å². The summed E-state index contributed by atoms with van der Waals surface area (Å²) in [5.41, 5.74) is 2.45. The summed E-state index contributed by atoms with van der Waals surface area (Å²) in [4.78, 5) is 16.0. The molecule has 1 aromatic carbocycles. The van der Waals surface area contributed by atoms with E-state index in [1.165, 1.54) is 7.11 Å². The van der Waals surface area contributed by atoms with Crippen molar-refractivity contribution >= 4 is 11.5 Å². The first-order valence-electron chi connectivity index (χ1n) is 5.90. The van der Waals surface area contributed by atoms with Gasteiger partial charge in [0.2, 0.25) is 0 Å². The van der Waals surface area contributed by atoms with Crippen LogP contribution in [0, 0.1) is 0 Å². The zero-order chi connectivity index (χ0) is 13.2. The lowest BCUT2D eigenvalue weighted by molar-refractivity contribution is 0.0600. The van der Waals surface area contributed by atoms with Gasteiger partial charge in [-0.3, -0.25) is 4.40 Å². The molecule has 0 saturated heterocycles. The van der Waals surface area contributed by atoms with E-state index >= 15 is 0 Å². The second-order valence-electron chi connectivity index (χ2n) is 4.15. The molecule has 0 aliphatic heterocycles. The normalized spacial score (nSPS) is 10.6. The predicted molar refractivity (Wildman–Crippen MR) is 72.0 cm³/mol. The first kappa shape index (κ1) is 11.5. The molecule has 2 heterocycles. The minimum atomic E-state index is -0.352. The number of nitrogens with zero attached hydrogens (tertiary/aromatic N) is 2. The topological polar surface area (TPSA) is 43.6 Å². The molecule has 3 aromatic rings. The Kier molecular flexibility index (Phi) is 2.76. The molecule has 0 amide bonds. The van der Waals surface area contributed by atoms with Crippen LogP contribution in [0.1, 0.15) is 10.4 Å². The molecular weight excluding hydrogens is 240 g/mol. The molecule has 4 heteroatoms. The molecule has 0 saturated carbocycles. The van der Waals surface area contributed by atoms with Gasteiger partial charge in [0, 0.05) is 11.8 Å². The van der Waals surface area contributed by atoms with Crippen molar-refractivity contribution in [1.82, 2.24) is 9.38 Å². The first-order chi connectivity index (χ1) is 9.29. The fraction of sp³-hybridized carbons (Fsp3) is 0.0667. The van der Waals surface area contributed by atoms with Crippen LogP contribution < -0.4 is 0 Å². The molecule has 0 aliphatic rings. The fourth-order valence-corrected chi connectivity index (χ4v) is 2.03. The third kappa shape index (κ3) is 1.97. The molecular formula is C15H12N2O2. The molecule has 0 fully saturated rings. The van der Waals surface area contributed by atoms with Crippen LogP contribution in [0.3, 0.4) is 0 Å². The van der Waals surface area contributed by atoms with Gasteiger partial charge >= 0.3 is 5.97 Å². The van der Waals surface area contributed by atoms with Crippen LogP contribution in [-0.4, -0.2) is 22.5 Å². The van der Waals surface area contributed by atoms with E-state index in [0.717, 1.165) is 16.9 Å². The van der Waals surface area contributed by atoms with E-state index in [1.54, 1.807) is 18.5 Å². The molecule has 2 aromatic heterocycles. The van der Waals surface area contributed by atoms with Crippen LogP contribution in [0.2, 0.25) is 0 Å². The van der Waals surface area contributed by atoms with Gasteiger partial charge in [-0.15, -0.1) is 0 Å². The van der Waals surface area contributed by atoms with Crippen molar-refractivity contribution in [2.45, 2.75) is 0 Å². The van der Waals surface area contributed by atoms with Crippen molar-refractivity contribution in [3.05, 3.63) is 60.4 Å². The predicted octanol–water partition coefficient (Wildman–Crippen LogP) is 2.79. The molecule has 0 unspecified atom stereocenters. The van der Waals surface area contributed by atoms with Gasteiger partial charge in [0.25, 0.3) is 0 Å². The maximum atomic E-state index is 11.6. The van der Waals surface area contributed by atoms with Crippen LogP contribution in [-0.2, 0) is 4.74 Å². The van der Waals surface area contributed by atoms with Crippen molar-refractivity contribution in [3.63, 3.8) is 0 Å². The number of carbonyl (C=O) groups excluding carboxylic acids is 1. The summed E-state index contributed by atoms with van der Waals surface area (Å²) in [6.45, 7) is 0. The summed E-state index contributed by atoms with van der Waals surface area (Å²) in [6, 6.07) is 13.4. The Hall–Kier alpha value is -2.62. The Balaban J connectivity index is 2.19. The van der Waals surface area contributed by atoms with Crippen molar-refractivity contribution in [1.29, 1.82) is 0 Å². The van der Waals surface area contributed by atoms with Crippen molar-refractivity contribution in [2.24, 2.45) is 0 Å². The zero-order valence-corrected chi connectivity index (χ0v) is 10.4. The Labute approximate surface area is 110 Å². The molecule has 0 aliphatic carbocycles. The van der Waals surface area contributed by atoms with Crippen molar-refractivity contribution < 1.29 is 9.53 Å². The van der Waals surface area contributed by atoms with Gasteiger partial charge in [0.05, 0.1) is 24.4 Å². The lowest BCUT2D eigenvalue weighted by atomic mass is 10.2. The average molecular weight is 252 g/mol. The van der Waals surface area contributed by atoms with E-state index in [2.05, 4.69) is 4.98 Å². The Morgan fingerprint density at radius 1 is 1.16 bits per heavy atom. The highest BCUT2D eigenvalue weighted by Gasteiger charge is 2.10. The lowest BCUT2D eigenvalue weighted by Gasteiger charge is -2.04. The Bertz CT molecular complexity index is 732. The van der Waals surface area contributed by atoms with Gasteiger partial charge in [-0.05, 0) is 12.1 Å². The number of esters is 1. The summed E-state index contributed by atoms with van der Waals surface area (Å²) in [6.07, 6.45) is 3.53. The molecule has 94 valence electrons. The number of carbonyl (C=O) groups is 1. The molecule has 0 spiro atoms. The van der Waals surface area contributed by atoms with Crippen LogP contribution >= 0.6 is 0 Å². The molecule has 0 radical (unpaired) electrons. The SMILES string of the molecule is COC(=O)c1ccc2cnc(-c3ccccc3)n2c1. The number of hydrogen-bond acceptors (Lipinski definition) is 3. The van der Waals surface area contributed by atoms with Crippen LogP contribution in [0.25, 0.3) is 16.9 Å². The summed E-state index contributed by atoms with van der Waals surface area (Å²) in [7, 11) is 1.37. The maximum Gasteiger partial charge on any atom is 0.339 e. The molecule has 4 nitrogen and oxygen atoms in total. The number of aromatic nitrogens is 2. The monoisotopic (exact) mass is 252 g/mol. The molecule has 0 atom stereocenters. The number of ether oxygens (including phenoxy) is 1. The molecule has 0 bridgehead atoms.